The molecule has 112 valence electrons. The van der Waals surface area contributed by atoms with Gasteiger partial charge in [0.1, 0.15) is 6.54 Å². The quantitative estimate of drug-likeness (QED) is 0.653. The SMILES string of the molecule is CC1C(=O)N(CC(=O)Nc2ccc(Cl)c(N)c2)C(=O)C1C. The van der Waals surface area contributed by atoms with Gasteiger partial charge < -0.3 is 11.1 Å². The summed E-state index contributed by atoms with van der Waals surface area (Å²) in [5, 5.41) is 2.97. The van der Waals surface area contributed by atoms with Crippen LogP contribution in [0.3, 0.4) is 0 Å². The molecule has 1 aliphatic rings. The maximum Gasteiger partial charge on any atom is 0.244 e. The summed E-state index contributed by atoms with van der Waals surface area (Å²) in [7, 11) is 0. The number of rotatable bonds is 3. The molecule has 2 rings (SSSR count). The summed E-state index contributed by atoms with van der Waals surface area (Å²) in [5.74, 6) is -1.88. The number of likely N-dealkylation sites (tertiary alicyclic amines) is 1. The molecule has 0 radical (unpaired) electrons. The predicted molar refractivity (Wildman–Crippen MR) is 79.5 cm³/mol. The fourth-order valence-electron chi connectivity index (χ4n) is 2.15. The number of hydrogen-bond acceptors (Lipinski definition) is 4. The molecule has 1 aromatic rings. The van der Waals surface area contributed by atoms with Gasteiger partial charge in [-0.25, -0.2) is 0 Å². The molecule has 3 N–H and O–H groups in total. The highest BCUT2D eigenvalue weighted by Gasteiger charge is 2.42. The van der Waals surface area contributed by atoms with Gasteiger partial charge in [-0.3, -0.25) is 19.3 Å². The van der Waals surface area contributed by atoms with Crippen LogP contribution in [0.2, 0.25) is 5.02 Å². The second-order valence-corrected chi connectivity index (χ2v) is 5.53. The van der Waals surface area contributed by atoms with Gasteiger partial charge >= 0.3 is 0 Å². The number of nitrogen functional groups attached to an aromatic ring is 1. The summed E-state index contributed by atoms with van der Waals surface area (Å²) >= 11 is 5.79. The van der Waals surface area contributed by atoms with E-state index in [2.05, 4.69) is 5.32 Å². The Balaban J connectivity index is 2.03. The lowest BCUT2D eigenvalue weighted by atomic mass is 10.00. The number of hydrogen-bond donors (Lipinski definition) is 2. The van der Waals surface area contributed by atoms with Crippen molar-refractivity contribution in [3.8, 4) is 0 Å². The van der Waals surface area contributed by atoms with Gasteiger partial charge in [-0.15, -0.1) is 0 Å². The van der Waals surface area contributed by atoms with Crippen molar-refractivity contribution < 1.29 is 14.4 Å². The molecule has 21 heavy (non-hydrogen) atoms. The van der Waals surface area contributed by atoms with Crippen LogP contribution in [0.15, 0.2) is 18.2 Å². The fraction of sp³-hybridized carbons (Fsp3) is 0.357. The van der Waals surface area contributed by atoms with Crippen LogP contribution in [0, 0.1) is 11.8 Å². The van der Waals surface area contributed by atoms with Gasteiger partial charge in [0.2, 0.25) is 17.7 Å². The minimum absolute atomic E-state index is 0.297. The molecule has 2 atom stereocenters. The van der Waals surface area contributed by atoms with E-state index in [4.69, 9.17) is 17.3 Å². The van der Waals surface area contributed by atoms with Crippen molar-refractivity contribution in [3.63, 3.8) is 0 Å². The van der Waals surface area contributed by atoms with Crippen molar-refractivity contribution in [2.24, 2.45) is 11.8 Å². The molecular weight excluding hydrogens is 294 g/mol. The van der Waals surface area contributed by atoms with E-state index in [-0.39, 0.29) is 18.4 Å². The first-order valence-corrected chi connectivity index (χ1v) is 6.89. The van der Waals surface area contributed by atoms with Crippen molar-refractivity contribution in [3.05, 3.63) is 23.2 Å². The molecule has 1 aromatic carbocycles. The molecule has 1 saturated heterocycles. The monoisotopic (exact) mass is 309 g/mol. The molecule has 1 aliphatic heterocycles. The number of carbonyl (C=O) groups is 3. The molecule has 0 spiro atoms. The van der Waals surface area contributed by atoms with Crippen molar-refractivity contribution in [2.45, 2.75) is 13.8 Å². The fourth-order valence-corrected chi connectivity index (χ4v) is 2.27. The van der Waals surface area contributed by atoms with Crippen LogP contribution < -0.4 is 11.1 Å². The number of benzene rings is 1. The van der Waals surface area contributed by atoms with Gasteiger partial charge in [0.25, 0.3) is 0 Å². The summed E-state index contributed by atoms with van der Waals surface area (Å²) in [4.78, 5) is 36.7. The Morgan fingerprint density at radius 3 is 2.38 bits per heavy atom. The third-order valence-electron chi connectivity index (χ3n) is 3.64. The molecule has 6 nitrogen and oxygen atoms in total. The Morgan fingerprint density at radius 2 is 1.86 bits per heavy atom. The minimum atomic E-state index is -0.459. The third kappa shape index (κ3) is 3.00. The van der Waals surface area contributed by atoms with E-state index in [0.717, 1.165) is 4.90 Å². The van der Waals surface area contributed by atoms with E-state index in [0.29, 0.717) is 16.4 Å². The number of nitrogens with one attached hydrogen (secondary N) is 1. The third-order valence-corrected chi connectivity index (χ3v) is 3.99. The highest BCUT2D eigenvalue weighted by molar-refractivity contribution is 6.33. The van der Waals surface area contributed by atoms with Crippen LogP contribution in [-0.4, -0.2) is 29.2 Å². The van der Waals surface area contributed by atoms with Gasteiger partial charge in [-0.2, -0.15) is 0 Å². The number of nitrogens with zero attached hydrogens (tertiary/aromatic N) is 1. The molecule has 3 amide bonds. The molecule has 1 heterocycles. The maximum absolute atomic E-state index is 11.9. The summed E-state index contributed by atoms with van der Waals surface area (Å²) in [6.07, 6.45) is 0. The minimum Gasteiger partial charge on any atom is -0.397 e. The number of amides is 3. The predicted octanol–water partition coefficient (Wildman–Crippen LogP) is 1.50. The summed E-state index contributed by atoms with van der Waals surface area (Å²) in [6.45, 7) is 3.07. The molecular formula is C14H16ClN3O3. The average molecular weight is 310 g/mol. The van der Waals surface area contributed by atoms with Crippen LogP contribution >= 0.6 is 11.6 Å². The highest BCUT2D eigenvalue weighted by atomic mass is 35.5. The van der Waals surface area contributed by atoms with Crippen LogP contribution in [-0.2, 0) is 14.4 Å². The first-order chi connectivity index (χ1) is 9.81. The maximum atomic E-state index is 11.9. The lowest BCUT2D eigenvalue weighted by Gasteiger charge is -2.14. The Hall–Kier alpha value is -2.08. The van der Waals surface area contributed by atoms with E-state index in [1.807, 2.05) is 0 Å². The smallest absolute Gasteiger partial charge is 0.244 e. The average Bonchev–Trinajstić information content (AvgIpc) is 2.61. The molecule has 0 aromatic heterocycles. The summed E-state index contributed by atoms with van der Waals surface area (Å²) < 4.78 is 0. The molecule has 0 bridgehead atoms. The van der Waals surface area contributed by atoms with Gasteiger partial charge in [0.05, 0.1) is 10.7 Å². The standard InChI is InChI=1S/C14H16ClN3O3/c1-7-8(2)14(21)18(13(7)20)6-12(19)17-9-3-4-10(15)11(16)5-9/h3-5,7-8H,6,16H2,1-2H3,(H,17,19). The Morgan fingerprint density at radius 1 is 1.29 bits per heavy atom. The van der Waals surface area contributed by atoms with Crippen molar-refractivity contribution in [1.82, 2.24) is 4.90 Å². The Kier molecular flexibility index (Phi) is 4.18. The van der Waals surface area contributed by atoms with Crippen LogP contribution in [0.4, 0.5) is 11.4 Å². The van der Waals surface area contributed by atoms with E-state index in [9.17, 15) is 14.4 Å². The van der Waals surface area contributed by atoms with Crippen LogP contribution in [0.25, 0.3) is 0 Å². The van der Waals surface area contributed by atoms with Gasteiger partial charge in [0, 0.05) is 17.5 Å². The van der Waals surface area contributed by atoms with Crippen LogP contribution in [0.1, 0.15) is 13.8 Å². The zero-order chi connectivity index (χ0) is 15.7. The number of anilines is 2. The lowest BCUT2D eigenvalue weighted by Crippen LogP contribution is -2.38. The van der Waals surface area contributed by atoms with E-state index in [1.54, 1.807) is 26.0 Å². The Labute approximate surface area is 127 Å². The lowest BCUT2D eigenvalue weighted by molar-refractivity contribution is -0.142. The topological polar surface area (TPSA) is 92.5 Å². The second-order valence-electron chi connectivity index (χ2n) is 5.12. The zero-order valence-corrected chi connectivity index (χ0v) is 12.5. The molecule has 2 unspecified atom stereocenters. The number of halogens is 1. The molecule has 0 saturated carbocycles. The second kappa shape index (κ2) is 5.73. The molecule has 7 heteroatoms. The van der Waals surface area contributed by atoms with Crippen molar-refractivity contribution >= 4 is 40.7 Å². The van der Waals surface area contributed by atoms with E-state index < -0.39 is 17.7 Å². The number of nitrogens with two attached hydrogens (primary N) is 1. The normalized spacial score (nSPS) is 21.8. The Bertz CT molecular complexity index is 597. The van der Waals surface area contributed by atoms with Crippen molar-refractivity contribution in [1.29, 1.82) is 0 Å². The zero-order valence-electron chi connectivity index (χ0n) is 11.7. The highest BCUT2D eigenvalue weighted by Crippen LogP contribution is 2.25. The van der Waals surface area contributed by atoms with Crippen molar-refractivity contribution in [2.75, 3.05) is 17.6 Å². The van der Waals surface area contributed by atoms with Gasteiger partial charge in [0.15, 0.2) is 0 Å². The van der Waals surface area contributed by atoms with E-state index >= 15 is 0 Å². The summed E-state index contributed by atoms with van der Waals surface area (Å²) in [6, 6.07) is 4.66. The van der Waals surface area contributed by atoms with Crippen LogP contribution in [0.5, 0.6) is 0 Å². The number of carbonyl (C=O) groups excluding carboxylic acids is 3. The largest absolute Gasteiger partial charge is 0.397 e. The van der Waals surface area contributed by atoms with Gasteiger partial charge in [-0.05, 0) is 18.2 Å². The molecule has 0 aliphatic carbocycles. The first-order valence-electron chi connectivity index (χ1n) is 6.51. The summed E-state index contributed by atoms with van der Waals surface area (Å²) in [5.41, 5.74) is 6.44. The molecule has 1 fully saturated rings. The van der Waals surface area contributed by atoms with Gasteiger partial charge in [-0.1, -0.05) is 25.4 Å². The first kappa shape index (κ1) is 15.3. The number of imide groups is 1. The van der Waals surface area contributed by atoms with E-state index in [1.165, 1.54) is 6.07 Å².